The lowest BCUT2D eigenvalue weighted by molar-refractivity contribution is 0.668. The van der Waals surface area contributed by atoms with Gasteiger partial charge in [0.15, 0.2) is 0 Å². The zero-order chi connectivity index (χ0) is 84.8. The van der Waals surface area contributed by atoms with Crippen LogP contribution in [0.5, 0.6) is 0 Å². The van der Waals surface area contributed by atoms with Gasteiger partial charge in [-0.1, -0.05) is 376 Å². The summed E-state index contributed by atoms with van der Waals surface area (Å²) in [5.74, 6) is 0. The zero-order valence-corrected chi connectivity index (χ0v) is 70.2. The fourth-order valence-electron chi connectivity index (χ4n) is 24.3. The molecule has 0 aliphatic heterocycles. The summed E-state index contributed by atoms with van der Waals surface area (Å²) < 4.78 is 26.5. The van der Waals surface area contributed by atoms with Crippen molar-refractivity contribution in [3.8, 4) is 111 Å². The van der Waals surface area contributed by atoms with Crippen LogP contribution in [-0.4, -0.2) is 0 Å². The normalized spacial score (nSPS) is 13.4. The number of benzene rings is 22. The molecule has 0 unspecified atom stereocenters. The van der Waals surface area contributed by atoms with Crippen LogP contribution < -0.4 is 0 Å². The molecule has 4 heterocycles. The third-order valence-electron chi connectivity index (χ3n) is 29.4. The summed E-state index contributed by atoms with van der Waals surface area (Å²) in [7, 11) is 0. The Morgan fingerprint density at radius 1 is 0.123 bits per heavy atom. The van der Waals surface area contributed by atoms with E-state index in [2.05, 4.69) is 413 Å². The minimum Gasteiger partial charge on any atom is -0.456 e. The van der Waals surface area contributed by atoms with Gasteiger partial charge in [0.2, 0.25) is 0 Å². The van der Waals surface area contributed by atoms with E-state index in [0.717, 1.165) is 121 Å². The average molecular weight is 1650 g/mol. The van der Waals surface area contributed by atoms with E-state index in [4.69, 9.17) is 17.7 Å². The van der Waals surface area contributed by atoms with Crippen LogP contribution in [-0.2, 0) is 10.8 Å². The Hall–Kier alpha value is -16.9. The van der Waals surface area contributed by atoms with E-state index >= 15 is 0 Å². The van der Waals surface area contributed by atoms with Crippen LogP contribution in [0.2, 0.25) is 0 Å². The molecule has 0 saturated carbocycles. The molecule has 2 spiro atoms. The standard InChI is InChI=1S/2C63H36O2/c1-6-30-53-39(16-1)40-17-2-7-31-54(40)63(53)55-32-8-3-20-49(55)60-50(29-15-33-56(60)63)59-43-23-11-21-37(45-25-13-27-47-41-18-4-9-34-57(41)64-61(45)47)51(43)36-52-38(22-12-24-44(52)59)46-26-14-28-48-42-19-5-10-35-58(42)65-62(46)48;1-6-24-53-41(14-1)42-15-2-7-25-54(42)63(53)55-26-8-3-18-49(55)62-50(23-13-27-56(62)63)61-47-21-11-19-39(37-30-32-45-43-16-4-9-28-57(43)64-59(45)34-37)51(47)36-52-40(20-12-22-48(52)61)38-31-33-46-44-17-5-10-29-58(44)65-60(46)35-38/h2*1-36H. The summed E-state index contributed by atoms with van der Waals surface area (Å²) in [6.07, 6.45) is 0. The van der Waals surface area contributed by atoms with Crippen molar-refractivity contribution in [1.82, 2.24) is 0 Å². The molecule has 600 valence electrons. The Morgan fingerprint density at radius 2 is 0.362 bits per heavy atom. The maximum atomic E-state index is 6.76. The number of hydrogen-bond acceptors (Lipinski definition) is 4. The summed E-state index contributed by atoms with van der Waals surface area (Å²) in [6, 6.07) is 161. The van der Waals surface area contributed by atoms with Gasteiger partial charge in [0.1, 0.15) is 44.7 Å². The van der Waals surface area contributed by atoms with Gasteiger partial charge in [0, 0.05) is 54.2 Å². The Labute approximate surface area is 746 Å². The van der Waals surface area contributed by atoms with E-state index in [1.165, 1.54) is 165 Å². The summed E-state index contributed by atoms with van der Waals surface area (Å²) in [5.41, 5.74) is 41.3. The van der Waals surface area contributed by atoms with Gasteiger partial charge in [0.05, 0.1) is 10.8 Å². The lowest BCUT2D eigenvalue weighted by atomic mass is 9.70. The molecule has 130 heavy (non-hydrogen) atoms. The van der Waals surface area contributed by atoms with E-state index in [0.29, 0.717) is 0 Å². The summed E-state index contributed by atoms with van der Waals surface area (Å²) >= 11 is 0. The van der Waals surface area contributed by atoms with E-state index < -0.39 is 10.8 Å². The summed E-state index contributed by atoms with van der Waals surface area (Å²) in [6.45, 7) is 0. The fourth-order valence-corrected chi connectivity index (χ4v) is 24.3. The molecule has 26 aromatic rings. The number of fused-ring (bicyclic) bond motifs is 36. The molecule has 22 aromatic carbocycles. The molecule has 30 rings (SSSR count). The molecule has 0 saturated heterocycles. The van der Waals surface area contributed by atoms with Gasteiger partial charge in [-0.25, -0.2) is 0 Å². The van der Waals surface area contributed by atoms with Crippen molar-refractivity contribution in [2.75, 3.05) is 0 Å². The van der Waals surface area contributed by atoms with Crippen LogP contribution >= 0.6 is 0 Å². The smallest absolute Gasteiger partial charge is 0.143 e. The number of rotatable bonds is 6. The van der Waals surface area contributed by atoms with Gasteiger partial charge in [-0.05, 0) is 248 Å². The molecule has 0 atom stereocenters. The SMILES string of the molecule is c1ccc2c(c1)-c1ccccc1C21c2ccccc2-c2c(-c3c4cccc(-c5ccc6c(c5)oc5ccccc56)c4cc4c(-c5ccc6c(c5)oc5ccccc56)cccc34)cccc21.c1ccc2c(c1)-c1ccccc1C21c2ccccc2-c2c(-c3c4cccc(-c5cccc6c5oc5ccccc56)c4cc4c(-c5cccc6c5oc5ccccc56)cccc34)cccc21. The monoisotopic (exact) mass is 1650 g/mol. The highest BCUT2D eigenvalue weighted by molar-refractivity contribution is 6.26. The molecule has 0 N–H and O–H groups in total. The molecule has 0 fully saturated rings. The van der Waals surface area contributed by atoms with E-state index in [9.17, 15) is 0 Å². The first-order chi connectivity index (χ1) is 64.5. The molecule has 0 radical (unpaired) electrons. The Kier molecular flexibility index (Phi) is 14.7. The van der Waals surface area contributed by atoms with Crippen LogP contribution in [0.1, 0.15) is 44.5 Å². The van der Waals surface area contributed by atoms with Crippen molar-refractivity contribution >= 4 is 131 Å². The Morgan fingerprint density at radius 3 is 0.731 bits per heavy atom. The van der Waals surface area contributed by atoms with Crippen molar-refractivity contribution in [3.05, 3.63) is 481 Å². The van der Waals surface area contributed by atoms with Crippen molar-refractivity contribution in [1.29, 1.82) is 0 Å². The quantitative estimate of drug-likeness (QED) is 0.156. The second kappa shape index (κ2) is 26.8. The minimum atomic E-state index is -0.459. The number of hydrogen-bond donors (Lipinski definition) is 0. The molecule has 0 bridgehead atoms. The summed E-state index contributed by atoms with van der Waals surface area (Å²) in [4.78, 5) is 0. The van der Waals surface area contributed by atoms with E-state index in [1.54, 1.807) is 0 Å². The molecule has 4 aliphatic rings. The lowest BCUT2D eigenvalue weighted by Gasteiger charge is -2.30. The van der Waals surface area contributed by atoms with Crippen molar-refractivity contribution in [3.63, 3.8) is 0 Å². The Balaban J connectivity index is 0.000000128. The average Bonchev–Trinajstić information content (AvgIpc) is 1.51. The van der Waals surface area contributed by atoms with Gasteiger partial charge in [-0.3, -0.25) is 0 Å². The van der Waals surface area contributed by atoms with Crippen LogP contribution in [0.4, 0.5) is 0 Å². The van der Waals surface area contributed by atoms with Crippen molar-refractivity contribution < 1.29 is 17.7 Å². The van der Waals surface area contributed by atoms with E-state index in [-0.39, 0.29) is 0 Å². The molecular formula is C126H72O4. The van der Waals surface area contributed by atoms with E-state index in [1.807, 2.05) is 24.3 Å². The Bertz CT molecular complexity index is 9050. The van der Waals surface area contributed by atoms with Gasteiger partial charge in [-0.2, -0.15) is 0 Å². The van der Waals surface area contributed by atoms with Gasteiger partial charge in [-0.15, -0.1) is 0 Å². The predicted molar refractivity (Wildman–Crippen MR) is 537 cm³/mol. The second-order valence-corrected chi connectivity index (χ2v) is 35.5. The highest BCUT2D eigenvalue weighted by atomic mass is 16.3. The first kappa shape index (κ1) is 71.4. The third-order valence-corrected chi connectivity index (χ3v) is 29.4. The number of para-hydroxylation sites is 6. The molecule has 4 nitrogen and oxygen atoms in total. The van der Waals surface area contributed by atoms with Crippen LogP contribution in [0.15, 0.2) is 454 Å². The van der Waals surface area contributed by atoms with Gasteiger partial charge < -0.3 is 17.7 Å². The fraction of sp³-hybridized carbons (Fsp3) is 0.0159. The zero-order valence-electron chi connectivity index (χ0n) is 70.2. The van der Waals surface area contributed by atoms with Crippen LogP contribution in [0, 0.1) is 0 Å². The molecule has 4 aliphatic carbocycles. The number of furan rings is 4. The maximum absolute atomic E-state index is 6.76. The first-order valence-corrected chi connectivity index (χ1v) is 45.0. The highest BCUT2D eigenvalue weighted by Crippen LogP contribution is 2.67. The van der Waals surface area contributed by atoms with Gasteiger partial charge >= 0.3 is 0 Å². The molecule has 0 amide bonds. The molecule has 4 heteroatoms. The molecule has 4 aromatic heterocycles. The third kappa shape index (κ3) is 9.57. The largest absolute Gasteiger partial charge is 0.456 e. The van der Waals surface area contributed by atoms with Crippen LogP contribution in [0.3, 0.4) is 0 Å². The topological polar surface area (TPSA) is 52.6 Å². The van der Waals surface area contributed by atoms with Crippen molar-refractivity contribution in [2.45, 2.75) is 10.8 Å². The summed E-state index contributed by atoms with van der Waals surface area (Å²) in [5, 5.41) is 18.5. The lowest BCUT2D eigenvalue weighted by Crippen LogP contribution is -2.25. The highest BCUT2D eigenvalue weighted by Gasteiger charge is 2.54. The van der Waals surface area contributed by atoms with Crippen molar-refractivity contribution in [2.24, 2.45) is 0 Å². The second-order valence-electron chi connectivity index (χ2n) is 35.5. The van der Waals surface area contributed by atoms with Gasteiger partial charge in [0.25, 0.3) is 0 Å². The molecular weight excluding hydrogens is 1580 g/mol. The van der Waals surface area contributed by atoms with Crippen LogP contribution in [0.25, 0.3) is 242 Å². The maximum Gasteiger partial charge on any atom is 0.143 e. The first-order valence-electron chi connectivity index (χ1n) is 45.0. The predicted octanol–water partition coefficient (Wildman–Crippen LogP) is 34.3. The minimum absolute atomic E-state index is 0.449.